The first-order valence-corrected chi connectivity index (χ1v) is 19.2. The second-order valence-corrected chi connectivity index (χ2v) is 15.3. The van der Waals surface area contributed by atoms with E-state index in [1.165, 1.54) is 44.2 Å². The van der Waals surface area contributed by atoms with Crippen LogP contribution in [-0.4, -0.2) is 19.5 Å². The van der Waals surface area contributed by atoms with Gasteiger partial charge in [0, 0.05) is 27.3 Å². The Hall–Kier alpha value is -7.17. The summed E-state index contributed by atoms with van der Waals surface area (Å²) in [4.78, 5) is 15.3. The highest BCUT2D eigenvalue weighted by Gasteiger charge is 2.35. The standard InChI is InChI=1S/C52H36N4/c1-52(2)45-23-13-11-21-40(45)41-27-26-37(31-46(41)52)44-30-38(29-36-19-9-10-20-39(36)44)35-25-28-43-42-22-12-14-24-47(42)56(48(43)32-35)51-54-49(33-15-5-3-6-16-33)53-50(55-51)34-17-7-4-8-18-34/h3-32H,1-2H3. The van der Waals surface area contributed by atoms with Gasteiger partial charge in [-0.2, -0.15) is 9.97 Å². The molecule has 264 valence electrons. The van der Waals surface area contributed by atoms with Gasteiger partial charge in [-0.05, 0) is 85.6 Å². The summed E-state index contributed by atoms with van der Waals surface area (Å²) in [6.07, 6.45) is 0. The molecule has 11 rings (SSSR count). The number of benzene rings is 8. The molecule has 0 spiro atoms. The van der Waals surface area contributed by atoms with Crippen molar-refractivity contribution in [2.45, 2.75) is 19.3 Å². The fourth-order valence-corrected chi connectivity index (χ4v) is 8.85. The van der Waals surface area contributed by atoms with Gasteiger partial charge in [-0.25, -0.2) is 4.98 Å². The predicted molar refractivity (Wildman–Crippen MR) is 231 cm³/mol. The average molecular weight is 717 g/mol. The van der Waals surface area contributed by atoms with Crippen LogP contribution < -0.4 is 0 Å². The summed E-state index contributed by atoms with van der Waals surface area (Å²) in [5, 5.41) is 4.75. The van der Waals surface area contributed by atoms with Crippen molar-refractivity contribution in [2.24, 2.45) is 0 Å². The molecule has 1 aliphatic carbocycles. The van der Waals surface area contributed by atoms with Gasteiger partial charge in [0.25, 0.3) is 0 Å². The van der Waals surface area contributed by atoms with Gasteiger partial charge in [0.15, 0.2) is 11.6 Å². The smallest absolute Gasteiger partial charge is 0.238 e. The largest absolute Gasteiger partial charge is 0.278 e. The summed E-state index contributed by atoms with van der Waals surface area (Å²) in [5.74, 6) is 1.86. The van der Waals surface area contributed by atoms with Gasteiger partial charge >= 0.3 is 0 Å². The van der Waals surface area contributed by atoms with Crippen LogP contribution in [-0.2, 0) is 5.41 Å². The molecule has 0 saturated heterocycles. The van der Waals surface area contributed by atoms with Gasteiger partial charge in [0.2, 0.25) is 5.95 Å². The molecular formula is C52H36N4. The Morgan fingerprint density at radius 2 is 0.982 bits per heavy atom. The first kappa shape index (κ1) is 32.3. The Labute approximate surface area is 325 Å². The Balaban J connectivity index is 1.12. The van der Waals surface area contributed by atoms with E-state index < -0.39 is 0 Å². The van der Waals surface area contributed by atoms with E-state index in [1.54, 1.807) is 0 Å². The van der Waals surface area contributed by atoms with Crippen LogP contribution in [0.4, 0.5) is 0 Å². The third-order valence-corrected chi connectivity index (χ3v) is 11.7. The first-order valence-electron chi connectivity index (χ1n) is 19.2. The highest BCUT2D eigenvalue weighted by atomic mass is 15.2. The molecule has 0 amide bonds. The SMILES string of the molecule is CC1(C)c2ccccc2-c2ccc(-c3cc(-c4ccc5c6ccccc6n(-c6nc(-c7ccccc7)nc(-c7ccccc7)n6)c5c4)cc4ccccc34)cc21. The second kappa shape index (κ2) is 12.4. The Morgan fingerprint density at radius 3 is 1.75 bits per heavy atom. The predicted octanol–water partition coefficient (Wildman–Crippen LogP) is 13.1. The lowest BCUT2D eigenvalue weighted by molar-refractivity contribution is 0.660. The number of fused-ring (bicyclic) bond motifs is 7. The minimum absolute atomic E-state index is 0.0798. The van der Waals surface area contributed by atoms with Crippen molar-refractivity contribution in [3.63, 3.8) is 0 Å². The fourth-order valence-electron chi connectivity index (χ4n) is 8.85. The van der Waals surface area contributed by atoms with Gasteiger partial charge in [0.05, 0.1) is 11.0 Å². The number of aromatic nitrogens is 4. The summed E-state index contributed by atoms with van der Waals surface area (Å²) in [5.41, 5.74) is 14.1. The quantitative estimate of drug-likeness (QED) is 0.178. The minimum atomic E-state index is -0.0798. The van der Waals surface area contributed by atoms with Crippen LogP contribution in [0.3, 0.4) is 0 Å². The van der Waals surface area contributed by atoms with Crippen molar-refractivity contribution in [3.05, 3.63) is 193 Å². The third-order valence-electron chi connectivity index (χ3n) is 11.7. The Kier molecular flexibility index (Phi) is 7.17. The Bertz CT molecular complexity index is 3100. The van der Waals surface area contributed by atoms with Gasteiger partial charge in [-0.15, -0.1) is 0 Å². The summed E-state index contributed by atoms with van der Waals surface area (Å²) < 4.78 is 2.21. The molecule has 0 N–H and O–H groups in total. The topological polar surface area (TPSA) is 43.6 Å². The molecule has 0 atom stereocenters. The maximum atomic E-state index is 5.16. The molecule has 10 aromatic rings. The van der Waals surface area contributed by atoms with Crippen molar-refractivity contribution >= 4 is 32.6 Å². The monoisotopic (exact) mass is 716 g/mol. The minimum Gasteiger partial charge on any atom is -0.278 e. The zero-order valence-corrected chi connectivity index (χ0v) is 31.1. The van der Waals surface area contributed by atoms with E-state index >= 15 is 0 Å². The molecule has 4 nitrogen and oxygen atoms in total. The van der Waals surface area contributed by atoms with Crippen LogP contribution in [0.5, 0.6) is 0 Å². The van der Waals surface area contributed by atoms with E-state index in [2.05, 4.69) is 164 Å². The lowest BCUT2D eigenvalue weighted by Crippen LogP contribution is -2.14. The molecule has 8 aromatic carbocycles. The van der Waals surface area contributed by atoms with Crippen LogP contribution >= 0.6 is 0 Å². The van der Waals surface area contributed by atoms with Crippen LogP contribution in [0.1, 0.15) is 25.0 Å². The molecule has 0 radical (unpaired) electrons. The highest BCUT2D eigenvalue weighted by Crippen LogP contribution is 2.50. The van der Waals surface area contributed by atoms with Gasteiger partial charge < -0.3 is 0 Å². The number of para-hydroxylation sites is 1. The number of nitrogens with zero attached hydrogens (tertiary/aromatic N) is 4. The molecule has 0 fully saturated rings. The van der Waals surface area contributed by atoms with Gasteiger partial charge in [-0.3, -0.25) is 4.57 Å². The molecule has 2 heterocycles. The average Bonchev–Trinajstić information content (AvgIpc) is 3.71. The lowest BCUT2D eigenvalue weighted by atomic mass is 9.81. The van der Waals surface area contributed by atoms with Gasteiger partial charge in [-0.1, -0.05) is 166 Å². The van der Waals surface area contributed by atoms with E-state index in [0.717, 1.165) is 44.1 Å². The Morgan fingerprint density at radius 1 is 0.375 bits per heavy atom. The summed E-state index contributed by atoms with van der Waals surface area (Å²) in [7, 11) is 0. The van der Waals surface area contributed by atoms with Crippen LogP contribution in [0, 0.1) is 0 Å². The van der Waals surface area contributed by atoms with Crippen LogP contribution in [0.2, 0.25) is 0 Å². The first-order chi connectivity index (χ1) is 27.5. The highest BCUT2D eigenvalue weighted by molar-refractivity contribution is 6.10. The molecule has 1 aliphatic rings. The molecule has 56 heavy (non-hydrogen) atoms. The van der Waals surface area contributed by atoms with Crippen LogP contribution in [0.15, 0.2) is 182 Å². The van der Waals surface area contributed by atoms with Crippen molar-refractivity contribution in [1.82, 2.24) is 19.5 Å². The maximum absolute atomic E-state index is 5.16. The van der Waals surface area contributed by atoms with Crippen molar-refractivity contribution < 1.29 is 0 Å². The van der Waals surface area contributed by atoms with Crippen LogP contribution in [0.25, 0.3) is 94.7 Å². The third kappa shape index (κ3) is 5.03. The van der Waals surface area contributed by atoms with E-state index in [-0.39, 0.29) is 5.41 Å². The molecule has 0 aliphatic heterocycles. The number of hydrogen-bond donors (Lipinski definition) is 0. The van der Waals surface area contributed by atoms with Crippen molar-refractivity contribution in [3.8, 4) is 62.1 Å². The molecule has 0 unspecified atom stereocenters. The maximum Gasteiger partial charge on any atom is 0.238 e. The van der Waals surface area contributed by atoms with E-state index in [1.807, 2.05) is 36.4 Å². The molecule has 0 bridgehead atoms. The van der Waals surface area contributed by atoms with Crippen molar-refractivity contribution in [1.29, 1.82) is 0 Å². The molecule has 4 heteroatoms. The second-order valence-electron chi connectivity index (χ2n) is 15.3. The summed E-state index contributed by atoms with van der Waals surface area (Å²) >= 11 is 0. The number of hydrogen-bond acceptors (Lipinski definition) is 3. The van der Waals surface area contributed by atoms with Gasteiger partial charge in [0.1, 0.15) is 0 Å². The normalized spacial score (nSPS) is 13.0. The molecule has 0 saturated carbocycles. The van der Waals surface area contributed by atoms with E-state index in [9.17, 15) is 0 Å². The fraction of sp³-hybridized carbons (Fsp3) is 0.0577. The molecule has 2 aromatic heterocycles. The van der Waals surface area contributed by atoms with Crippen molar-refractivity contribution in [2.75, 3.05) is 0 Å². The zero-order chi connectivity index (χ0) is 37.4. The summed E-state index contributed by atoms with van der Waals surface area (Å²) in [6, 6.07) is 65.0. The lowest BCUT2D eigenvalue weighted by Gasteiger charge is -2.22. The summed E-state index contributed by atoms with van der Waals surface area (Å²) in [6.45, 7) is 4.70. The zero-order valence-electron chi connectivity index (χ0n) is 31.1. The van der Waals surface area contributed by atoms with E-state index in [0.29, 0.717) is 17.6 Å². The molecular weight excluding hydrogens is 681 g/mol. The number of rotatable bonds is 5. The van der Waals surface area contributed by atoms with E-state index in [4.69, 9.17) is 15.0 Å².